The number of aromatic nitrogens is 2. The van der Waals surface area contributed by atoms with Crippen molar-refractivity contribution in [3.63, 3.8) is 0 Å². The predicted molar refractivity (Wildman–Crippen MR) is 96.6 cm³/mol. The number of ether oxygens (including phenoxy) is 1. The summed E-state index contributed by atoms with van der Waals surface area (Å²) in [5, 5.41) is 11.3. The van der Waals surface area contributed by atoms with Gasteiger partial charge in [0.25, 0.3) is 0 Å². The monoisotopic (exact) mass is 340 g/mol. The Morgan fingerprint density at radius 3 is 2.64 bits per heavy atom. The number of carbonyl (C=O) groups is 1. The van der Waals surface area contributed by atoms with Crippen LogP contribution in [0.1, 0.15) is 25.3 Å². The number of hydrogen-bond donors (Lipinski definition) is 1. The zero-order chi connectivity index (χ0) is 17.5. The Bertz CT molecular complexity index is 668. The summed E-state index contributed by atoms with van der Waals surface area (Å²) in [5.74, 6) is 1.82. The molecule has 1 N–H and O–H groups in total. The van der Waals surface area contributed by atoms with Crippen LogP contribution in [-0.4, -0.2) is 46.7 Å². The molecule has 2 aromatic rings. The molecule has 0 saturated carbocycles. The molecule has 1 saturated heterocycles. The molecule has 1 aromatic heterocycles. The van der Waals surface area contributed by atoms with Crippen molar-refractivity contribution in [1.82, 2.24) is 15.1 Å². The Hall–Kier alpha value is -2.63. The molecule has 1 aliphatic heterocycles. The highest BCUT2D eigenvalue weighted by atomic mass is 16.5. The maximum Gasteiger partial charge on any atom is 0.226 e. The van der Waals surface area contributed by atoms with E-state index in [1.165, 1.54) is 0 Å². The smallest absolute Gasteiger partial charge is 0.226 e. The van der Waals surface area contributed by atoms with Crippen molar-refractivity contribution in [2.24, 2.45) is 0 Å². The standard InChI is InChI=1S/C19H24N4O2/c1-2-25-17-7-5-15(6-8-17)14-19(24)23-12-9-16(10-13-23)21-18-4-3-11-20-22-18/h3-8,11,16H,2,9-10,12-14H2,1H3,(H,21,22). The Morgan fingerprint density at radius 1 is 1.24 bits per heavy atom. The number of likely N-dealkylation sites (tertiary alicyclic amines) is 1. The van der Waals surface area contributed by atoms with Crippen LogP contribution in [0.15, 0.2) is 42.6 Å². The SMILES string of the molecule is CCOc1ccc(CC(=O)N2CCC(Nc3cccnn3)CC2)cc1. The normalized spacial score (nSPS) is 15.0. The molecular weight excluding hydrogens is 316 g/mol. The number of piperidine rings is 1. The van der Waals surface area contributed by atoms with Crippen molar-refractivity contribution in [2.75, 3.05) is 25.0 Å². The molecule has 0 bridgehead atoms. The van der Waals surface area contributed by atoms with E-state index in [0.717, 1.165) is 43.1 Å². The van der Waals surface area contributed by atoms with Gasteiger partial charge in [0, 0.05) is 25.3 Å². The zero-order valence-corrected chi connectivity index (χ0v) is 14.5. The van der Waals surface area contributed by atoms with Crippen LogP contribution in [0.4, 0.5) is 5.82 Å². The van der Waals surface area contributed by atoms with Crippen molar-refractivity contribution >= 4 is 11.7 Å². The first-order chi connectivity index (χ1) is 12.2. The molecule has 25 heavy (non-hydrogen) atoms. The van der Waals surface area contributed by atoms with Crippen LogP contribution in [0.25, 0.3) is 0 Å². The van der Waals surface area contributed by atoms with Crippen LogP contribution in [0.2, 0.25) is 0 Å². The Morgan fingerprint density at radius 2 is 2.00 bits per heavy atom. The van der Waals surface area contributed by atoms with Crippen LogP contribution in [-0.2, 0) is 11.2 Å². The molecule has 1 amide bonds. The van der Waals surface area contributed by atoms with Crippen molar-refractivity contribution in [1.29, 1.82) is 0 Å². The molecule has 1 fully saturated rings. The van der Waals surface area contributed by atoms with E-state index in [1.54, 1.807) is 6.20 Å². The second kappa shape index (κ2) is 8.46. The first-order valence-corrected chi connectivity index (χ1v) is 8.78. The highest BCUT2D eigenvalue weighted by Gasteiger charge is 2.23. The quantitative estimate of drug-likeness (QED) is 0.875. The van der Waals surface area contributed by atoms with Gasteiger partial charge in [-0.15, -0.1) is 5.10 Å². The summed E-state index contributed by atoms with van der Waals surface area (Å²) in [7, 11) is 0. The average molecular weight is 340 g/mol. The zero-order valence-electron chi connectivity index (χ0n) is 14.5. The van der Waals surface area contributed by atoms with E-state index in [1.807, 2.05) is 48.2 Å². The summed E-state index contributed by atoms with van der Waals surface area (Å²) in [6.45, 7) is 4.15. The minimum absolute atomic E-state index is 0.183. The minimum Gasteiger partial charge on any atom is -0.494 e. The van der Waals surface area contributed by atoms with Crippen molar-refractivity contribution in [3.05, 3.63) is 48.2 Å². The molecule has 6 nitrogen and oxygen atoms in total. The van der Waals surface area contributed by atoms with Crippen LogP contribution in [0.5, 0.6) is 5.75 Å². The van der Waals surface area contributed by atoms with Gasteiger partial charge in [0.2, 0.25) is 5.91 Å². The van der Waals surface area contributed by atoms with E-state index >= 15 is 0 Å². The number of anilines is 1. The average Bonchev–Trinajstić information content (AvgIpc) is 2.65. The van der Waals surface area contributed by atoms with Crippen molar-refractivity contribution < 1.29 is 9.53 Å². The fourth-order valence-corrected chi connectivity index (χ4v) is 3.02. The molecule has 132 valence electrons. The van der Waals surface area contributed by atoms with Gasteiger partial charge in [-0.2, -0.15) is 5.10 Å². The number of rotatable bonds is 6. The van der Waals surface area contributed by atoms with Crippen molar-refractivity contribution in [2.45, 2.75) is 32.2 Å². The number of amides is 1. The van der Waals surface area contributed by atoms with E-state index in [4.69, 9.17) is 4.74 Å². The molecule has 0 spiro atoms. The fraction of sp³-hybridized carbons (Fsp3) is 0.421. The lowest BCUT2D eigenvalue weighted by Crippen LogP contribution is -2.43. The Labute approximate surface area is 148 Å². The van der Waals surface area contributed by atoms with Gasteiger partial charge < -0.3 is 15.0 Å². The first kappa shape index (κ1) is 17.2. The Balaban J connectivity index is 1.46. The number of benzene rings is 1. The van der Waals surface area contributed by atoms with E-state index in [2.05, 4.69) is 15.5 Å². The molecule has 0 radical (unpaired) electrons. The summed E-state index contributed by atoms with van der Waals surface area (Å²) >= 11 is 0. The van der Waals surface area contributed by atoms with E-state index < -0.39 is 0 Å². The van der Waals surface area contributed by atoms with E-state index in [-0.39, 0.29) is 5.91 Å². The van der Waals surface area contributed by atoms with Crippen LogP contribution in [0, 0.1) is 0 Å². The van der Waals surface area contributed by atoms with Gasteiger partial charge in [-0.3, -0.25) is 4.79 Å². The molecule has 6 heteroatoms. The third-order valence-corrected chi connectivity index (χ3v) is 4.36. The molecule has 0 unspecified atom stereocenters. The summed E-state index contributed by atoms with van der Waals surface area (Å²) in [4.78, 5) is 14.4. The predicted octanol–water partition coefficient (Wildman–Crippen LogP) is 2.52. The third kappa shape index (κ3) is 4.92. The summed E-state index contributed by atoms with van der Waals surface area (Å²) in [6, 6.07) is 11.9. The van der Waals surface area contributed by atoms with Crippen LogP contribution >= 0.6 is 0 Å². The number of nitrogens with zero attached hydrogens (tertiary/aromatic N) is 3. The highest BCUT2D eigenvalue weighted by molar-refractivity contribution is 5.79. The summed E-state index contributed by atoms with van der Waals surface area (Å²) in [6.07, 6.45) is 3.94. The molecular formula is C19H24N4O2. The Kier molecular flexibility index (Phi) is 5.82. The highest BCUT2D eigenvalue weighted by Crippen LogP contribution is 2.17. The minimum atomic E-state index is 0.183. The number of carbonyl (C=O) groups excluding carboxylic acids is 1. The second-order valence-electron chi connectivity index (χ2n) is 6.16. The fourth-order valence-electron chi connectivity index (χ4n) is 3.02. The van der Waals surface area contributed by atoms with E-state index in [9.17, 15) is 4.79 Å². The largest absolute Gasteiger partial charge is 0.494 e. The van der Waals surface area contributed by atoms with Gasteiger partial charge in [-0.1, -0.05) is 12.1 Å². The van der Waals surface area contributed by atoms with Gasteiger partial charge in [-0.05, 0) is 49.6 Å². The maximum atomic E-state index is 12.5. The third-order valence-electron chi connectivity index (χ3n) is 4.36. The lowest BCUT2D eigenvalue weighted by molar-refractivity contribution is -0.131. The van der Waals surface area contributed by atoms with Gasteiger partial charge in [0.05, 0.1) is 13.0 Å². The summed E-state index contributed by atoms with van der Waals surface area (Å²) < 4.78 is 5.43. The molecule has 1 aliphatic rings. The van der Waals surface area contributed by atoms with Gasteiger partial charge in [-0.25, -0.2) is 0 Å². The van der Waals surface area contributed by atoms with Crippen LogP contribution in [0.3, 0.4) is 0 Å². The number of hydrogen-bond acceptors (Lipinski definition) is 5. The first-order valence-electron chi connectivity index (χ1n) is 8.78. The second-order valence-corrected chi connectivity index (χ2v) is 6.16. The molecule has 2 heterocycles. The molecule has 3 rings (SSSR count). The lowest BCUT2D eigenvalue weighted by atomic mass is 10.0. The van der Waals surface area contributed by atoms with Gasteiger partial charge in [0.15, 0.2) is 0 Å². The summed E-state index contributed by atoms with van der Waals surface area (Å²) in [5.41, 5.74) is 1.02. The van der Waals surface area contributed by atoms with E-state index in [0.29, 0.717) is 19.1 Å². The van der Waals surface area contributed by atoms with Crippen molar-refractivity contribution in [3.8, 4) is 5.75 Å². The van der Waals surface area contributed by atoms with Gasteiger partial charge >= 0.3 is 0 Å². The van der Waals surface area contributed by atoms with Gasteiger partial charge in [0.1, 0.15) is 11.6 Å². The molecule has 0 aliphatic carbocycles. The lowest BCUT2D eigenvalue weighted by Gasteiger charge is -2.32. The molecule has 0 atom stereocenters. The number of nitrogens with one attached hydrogen (secondary N) is 1. The topological polar surface area (TPSA) is 67.3 Å². The van der Waals surface area contributed by atoms with Crippen LogP contribution < -0.4 is 10.1 Å². The molecule has 1 aromatic carbocycles. The maximum absolute atomic E-state index is 12.5.